The van der Waals surface area contributed by atoms with Gasteiger partial charge >= 0.3 is 0 Å². The molecule has 1 unspecified atom stereocenters. The summed E-state index contributed by atoms with van der Waals surface area (Å²) in [6.45, 7) is 4.28. The van der Waals surface area contributed by atoms with Crippen LogP contribution in [0.2, 0.25) is 5.02 Å². The molecule has 25 heavy (non-hydrogen) atoms. The molecule has 0 radical (unpaired) electrons. The van der Waals surface area contributed by atoms with Gasteiger partial charge in [-0.3, -0.25) is 4.79 Å². The summed E-state index contributed by atoms with van der Waals surface area (Å²) in [5.74, 6) is 1.07. The molecule has 1 amide bonds. The molecule has 1 saturated heterocycles. The lowest BCUT2D eigenvalue weighted by molar-refractivity contribution is -0.117. The largest absolute Gasteiger partial charge is 0.326 e. The quantitative estimate of drug-likeness (QED) is 0.823. The highest BCUT2D eigenvalue weighted by Crippen LogP contribution is 2.26. The zero-order valence-electron chi connectivity index (χ0n) is 14.2. The highest BCUT2D eigenvalue weighted by molar-refractivity contribution is 6.32. The number of anilines is 1. The molecule has 136 valence electrons. The van der Waals surface area contributed by atoms with Gasteiger partial charge in [-0.25, -0.2) is 4.68 Å². The van der Waals surface area contributed by atoms with Gasteiger partial charge in [0.25, 0.3) is 0 Å². The number of nitrogens with zero attached hydrogens (tertiary/aromatic N) is 2. The van der Waals surface area contributed by atoms with Gasteiger partial charge in [0.15, 0.2) is 0 Å². The summed E-state index contributed by atoms with van der Waals surface area (Å²) in [7, 11) is 0. The first-order valence-corrected chi connectivity index (χ1v) is 8.81. The van der Waals surface area contributed by atoms with Crippen molar-refractivity contribution in [3.8, 4) is 5.69 Å². The number of piperidine rings is 1. The second-order valence-corrected chi connectivity index (χ2v) is 6.84. The van der Waals surface area contributed by atoms with Gasteiger partial charge in [-0.2, -0.15) is 5.10 Å². The number of amides is 1. The third-order valence-corrected chi connectivity index (χ3v) is 4.98. The van der Waals surface area contributed by atoms with Gasteiger partial charge in [0.1, 0.15) is 0 Å². The molecule has 2 aromatic rings. The van der Waals surface area contributed by atoms with Crippen LogP contribution in [-0.2, 0) is 4.79 Å². The Morgan fingerprint density at radius 3 is 2.84 bits per heavy atom. The van der Waals surface area contributed by atoms with E-state index in [-0.39, 0.29) is 18.3 Å². The van der Waals surface area contributed by atoms with Gasteiger partial charge in [-0.05, 0) is 62.0 Å². The molecule has 2 heterocycles. The first-order chi connectivity index (χ1) is 11.6. The first kappa shape index (κ1) is 19.8. The molecule has 3 rings (SSSR count). The molecule has 0 bridgehead atoms. The summed E-state index contributed by atoms with van der Waals surface area (Å²) in [6.07, 6.45) is 6.38. The maximum atomic E-state index is 12.3. The number of halogens is 2. The minimum atomic E-state index is 0. The van der Waals surface area contributed by atoms with E-state index in [2.05, 4.69) is 22.7 Å². The smallest absolute Gasteiger partial charge is 0.224 e. The van der Waals surface area contributed by atoms with Crippen LogP contribution in [0.5, 0.6) is 0 Å². The Balaban J connectivity index is 0.00000225. The summed E-state index contributed by atoms with van der Waals surface area (Å²) in [4.78, 5) is 12.3. The number of hydrogen-bond acceptors (Lipinski definition) is 3. The molecule has 2 N–H and O–H groups in total. The van der Waals surface area contributed by atoms with Crippen LogP contribution in [0.1, 0.15) is 26.2 Å². The van der Waals surface area contributed by atoms with E-state index in [0.717, 1.165) is 37.3 Å². The first-order valence-electron chi connectivity index (χ1n) is 8.43. The zero-order chi connectivity index (χ0) is 16.9. The van der Waals surface area contributed by atoms with Crippen molar-refractivity contribution in [1.29, 1.82) is 0 Å². The molecular formula is C18H24Cl2N4O. The fourth-order valence-corrected chi connectivity index (χ4v) is 3.53. The lowest BCUT2D eigenvalue weighted by Crippen LogP contribution is -2.32. The normalized spacial score (nSPS) is 16.1. The summed E-state index contributed by atoms with van der Waals surface area (Å²) in [6, 6.07) is 7.33. The van der Waals surface area contributed by atoms with Gasteiger partial charge in [0, 0.05) is 24.5 Å². The van der Waals surface area contributed by atoms with Crippen molar-refractivity contribution in [3.05, 3.63) is 41.7 Å². The van der Waals surface area contributed by atoms with Gasteiger partial charge in [-0.1, -0.05) is 18.5 Å². The Morgan fingerprint density at radius 1 is 1.44 bits per heavy atom. The van der Waals surface area contributed by atoms with E-state index >= 15 is 0 Å². The van der Waals surface area contributed by atoms with Crippen molar-refractivity contribution < 1.29 is 4.79 Å². The molecule has 7 heteroatoms. The number of hydrogen-bond donors (Lipinski definition) is 2. The van der Waals surface area contributed by atoms with Crippen LogP contribution >= 0.6 is 24.0 Å². The van der Waals surface area contributed by atoms with Gasteiger partial charge in [0.05, 0.1) is 10.7 Å². The maximum Gasteiger partial charge on any atom is 0.224 e. The molecule has 1 atom stereocenters. The average molecular weight is 383 g/mol. The predicted octanol–water partition coefficient (Wildman–Crippen LogP) is 3.91. The molecular weight excluding hydrogens is 359 g/mol. The molecule has 0 aliphatic carbocycles. The van der Waals surface area contributed by atoms with E-state index in [1.165, 1.54) is 0 Å². The van der Waals surface area contributed by atoms with Crippen molar-refractivity contribution in [3.63, 3.8) is 0 Å². The highest BCUT2D eigenvalue weighted by Gasteiger charge is 2.22. The fraction of sp³-hybridized carbons (Fsp3) is 0.444. The highest BCUT2D eigenvalue weighted by atomic mass is 35.5. The number of aromatic nitrogens is 2. The Morgan fingerprint density at radius 2 is 2.20 bits per heavy atom. The predicted molar refractivity (Wildman–Crippen MR) is 104 cm³/mol. The van der Waals surface area contributed by atoms with Crippen molar-refractivity contribution in [2.45, 2.75) is 26.2 Å². The molecule has 1 aromatic carbocycles. The van der Waals surface area contributed by atoms with Gasteiger partial charge < -0.3 is 10.6 Å². The van der Waals surface area contributed by atoms with Crippen molar-refractivity contribution in [2.24, 2.45) is 11.8 Å². The number of benzene rings is 1. The summed E-state index contributed by atoms with van der Waals surface area (Å²) < 4.78 is 1.70. The van der Waals surface area contributed by atoms with Crippen LogP contribution in [0.4, 0.5) is 5.69 Å². The van der Waals surface area contributed by atoms with E-state index in [1.54, 1.807) is 16.9 Å². The monoisotopic (exact) mass is 382 g/mol. The number of rotatable bonds is 5. The summed E-state index contributed by atoms with van der Waals surface area (Å²) >= 11 is 6.31. The summed E-state index contributed by atoms with van der Waals surface area (Å²) in [5.41, 5.74) is 1.51. The van der Waals surface area contributed by atoms with Crippen molar-refractivity contribution in [1.82, 2.24) is 15.1 Å². The molecule has 1 aliphatic heterocycles. The Hall–Kier alpha value is -1.56. The Labute approximate surface area is 159 Å². The molecule has 1 fully saturated rings. The molecule has 1 aromatic heterocycles. The number of carbonyl (C=O) groups is 1. The molecule has 0 spiro atoms. The van der Waals surface area contributed by atoms with Gasteiger partial charge in [0.2, 0.25) is 5.91 Å². The second kappa shape index (κ2) is 9.22. The fourth-order valence-electron chi connectivity index (χ4n) is 3.27. The maximum absolute atomic E-state index is 12.3. The second-order valence-electron chi connectivity index (χ2n) is 6.43. The lowest BCUT2D eigenvalue weighted by atomic mass is 9.84. The summed E-state index contributed by atoms with van der Waals surface area (Å²) in [5, 5.41) is 11.0. The Bertz CT molecular complexity index is 684. The van der Waals surface area contributed by atoms with E-state index < -0.39 is 0 Å². The minimum Gasteiger partial charge on any atom is -0.326 e. The van der Waals surface area contributed by atoms with Crippen molar-refractivity contribution in [2.75, 3.05) is 18.4 Å². The topological polar surface area (TPSA) is 59.0 Å². The van der Waals surface area contributed by atoms with Crippen LogP contribution in [0.25, 0.3) is 5.69 Å². The molecule has 5 nitrogen and oxygen atoms in total. The molecule has 1 aliphatic rings. The van der Waals surface area contributed by atoms with Crippen LogP contribution in [0.3, 0.4) is 0 Å². The van der Waals surface area contributed by atoms with E-state index in [4.69, 9.17) is 11.6 Å². The molecule has 0 saturated carbocycles. The van der Waals surface area contributed by atoms with Crippen LogP contribution < -0.4 is 10.6 Å². The third kappa shape index (κ3) is 5.21. The van der Waals surface area contributed by atoms with Crippen molar-refractivity contribution >= 4 is 35.6 Å². The zero-order valence-corrected chi connectivity index (χ0v) is 15.8. The SMILES string of the molecule is CC(CC(=O)Nc1ccc(-n2cccn2)c(Cl)c1)C1CCNCC1.Cl. The Kier molecular flexibility index (Phi) is 7.29. The average Bonchev–Trinajstić information content (AvgIpc) is 3.10. The third-order valence-electron chi connectivity index (χ3n) is 4.68. The van der Waals surface area contributed by atoms with Crippen LogP contribution in [0.15, 0.2) is 36.7 Å². The van der Waals surface area contributed by atoms with E-state index in [0.29, 0.717) is 23.3 Å². The van der Waals surface area contributed by atoms with E-state index in [9.17, 15) is 4.79 Å². The van der Waals surface area contributed by atoms with Crippen LogP contribution in [0, 0.1) is 11.8 Å². The van der Waals surface area contributed by atoms with E-state index in [1.807, 2.05) is 24.4 Å². The number of nitrogens with one attached hydrogen (secondary N) is 2. The number of carbonyl (C=O) groups excluding carboxylic acids is 1. The standard InChI is InChI=1S/C18H23ClN4O.ClH/c1-13(14-5-8-20-9-6-14)11-18(24)22-15-3-4-17(16(19)12-15)23-10-2-7-21-23;/h2-4,7,10,12-14,20H,5-6,8-9,11H2,1H3,(H,22,24);1H. The van der Waals surface area contributed by atoms with Crippen LogP contribution in [-0.4, -0.2) is 28.8 Å². The van der Waals surface area contributed by atoms with Gasteiger partial charge in [-0.15, -0.1) is 12.4 Å². The lowest BCUT2D eigenvalue weighted by Gasteiger charge is -2.27. The minimum absolute atomic E-state index is 0.